The Morgan fingerprint density at radius 2 is 1.29 bits per heavy atom. The second-order valence-corrected chi connectivity index (χ2v) is 8.66. The van der Waals surface area contributed by atoms with Crippen molar-refractivity contribution in [3.8, 4) is 11.8 Å². The summed E-state index contributed by atoms with van der Waals surface area (Å²) in [7, 11) is 0. The summed E-state index contributed by atoms with van der Waals surface area (Å²) in [5, 5.41) is 8.50. The molecule has 0 amide bonds. The molecule has 0 aliphatic heterocycles. The minimum Gasteiger partial charge on any atom is -0.406 e. The fraction of sp³-hybridized carbons (Fsp3) is 0.500. The van der Waals surface area contributed by atoms with Gasteiger partial charge in [-0.2, -0.15) is 5.26 Å². The summed E-state index contributed by atoms with van der Waals surface area (Å²) in [5.41, 5.74) is 1.10. The third kappa shape index (κ3) is 7.94. The first-order chi connectivity index (χ1) is 14.9. The van der Waals surface area contributed by atoms with Crippen molar-refractivity contribution in [1.82, 2.24) is 0 Å². The number of halogens is 3. The summed E-state index contributed by atoms with van der Waals surface area (Å²) in [6, 6.07) is 8.37. The van der Waals surface area contributed by atoms with E-state index in [2.05, 4.69) is 23.0 Å². The van der Waals surface area contributed by atoms with Crippen LogP contribution >= 0.6 is 0 Å². The zero-order chi connectivity index (χ0) is 22.1. The molecule has 2 fully saturated rings. The van der Waals surface area contributed by atoms with Crippen LogP contribution in [-0.4, -0.2) is 6.36 Å². The topological polar surface area (TPSA) is 33.0 Å². The zero-order valence-corrected chi connectivity index (χ0v) is 17.7. The largest absolute Gasteiger partial charge is 0.573 e. The summed E-state index contributed by atoms with van der Waals surface area (Å²) < 4.78 is 40.9. The van der Waals surface area contributed by atoms with Crippen molar-refractivity contribution in [3.05, 3.63) is 66.3 Å². The third-order valence-electron chi connectivity index (χ3n) is 6.49. The minimum atomic E-state index is -4.64. The Morgan fingerprint density at radius 1 is 0.774 bits per heavy atom. The monoisotopic (exact) mass is 429 g/mol. The van der Waals surface area contributed by atoms with Crippen LogP contribution in [0.25, 0.3) is 0 Å². The summed E-state index contributed by atoms with van der Waals surface area (Å²) in [6.45, 7) is 0. The van der Waals surface area contributed by atoms with E-state index in [0.717, 1.165) is 31.2 Å². The first kappa shape index (κ1) is 23.2. The Labute approximate surface area is 183 Å². The fourth-order valence-corrected chi connectivity index (χ4v) is 4.75. The Hall–Kier alpha value is -2.48. The maximum absolute atomic E-state index is 12.3. The van der Waals surface area contributed by atoms with Crippen molar-refractivity contribution in [2.24, 2.45) is 17.8 Å². The van der Waals surface area contributed by atoms with Gasteiger partial charge < -0.3 is 4.74 Å². The van der Waals surface area contributed by atoms with E-state index < -0.39 is 6.36 Å². The summed E-state index contributed by atoms with van der Waals surface area (Å²) in [4.78, 5) is 0. The molecule has 31 heavy (non-hydrogen) atoms. The van der Waals surface area contributed by atoms with Crippen LogP contribution in [0.4, 0.5) is 13.2 Å². The van der Waals surface area contributed by atoms with Gasteiger partial charge >= 0.3 is 6.36 Å². The molecule has 1 aromatic rings. The van der Waals surface area contributed by atoms with Crippen LogP contribution in [0.2, 0.25) is 0 Å². The average Bonchev–Trinajstić information content (AvgIpc) is 2.76. The Balaban J connectivity index is 1.39. The van der Waals surface area contributed by atoms with Crippen LogP contribution in [0, 0.1) is 29.1 Å². The average molecular weight is 430 g/mol. The van der Waals surface area contributed by atoms with E-state index in [4.69, 9.17) is 5.26 Å². The number of nitrogens with zero attached hydrogens (tertiary/aromatic N) is 1. The second kappa shape index (κ2) is 11.2. The number of hydrogen-bond donors (Lipinski definition) is 0. The van der Waals surface area contributed by atoms with Crippen molar-refractivity contribution >= 4 is 0 Å². The Kier molecular flexibility index (Phi) is 8.40. The molecular formula is C26H30F3NO. The van der Waals surface area contributed by atoms with Gasteiger partial charge in [0.25, 0.3) is 0 Å². The van der Waals surface area contributed by atoms with E-state index in [1.165, 1.54) is 43.9 Å². The van der Waals surface area contributed by atoms with Gasteiger partial charge in [-0.05, 0) is 92.7 Å². The molecule has 2 saturated carbocycles. The van der Waals surface area contributed by atoms with E-state index in [0.29, 0.717) is 23.7 Å². The van der Waals surface area contributed by atoms with E-state index in [-0.39, 0.29) is 5.75 Å². The predicted molar refractivity (Wildman–Crippen MR) is 116 cm³/mol. The molecule has 0 saturated heterocycles. The number of benzene rings is 1. The molecule has 2 nitrogen and oxygen atoms in total. The molecule has 1 aromatic carbocycles. The Bertz CT molecular complexity index is 801. The molecule has 0 N–H and O–H groups in total. The number of nitriles is 1. The first-order valence-electron chi connectivity index (χ1n) is 11.2. The molecular weight excluding hydrogens is 399 g/mol. The van der Waals surface area contributed by atoms with Crippen molar-refractivity contribution in [2.75, 3.05) is 0 Å². The number of hydrogen-bond acceptors (Lipinski definition) is 2. The zero-order valence-electron chi connectivity index (χ0n) is 17.7. The maximum Gasteiger partial charge on any atom is 0.573 e. The number of allylic oxidation sites excluding steroid dienone is 6. The van der Waals surface area contributed by atoms with Crippen LogP contribution in [0.3, 0.4) is 0 Å². The molecule has 0 heterocycles. The number of ether oxygens (including phenoxy) is 1. The van der Waals surface area contributed by atoms with Crippen molar-refractivity contribution in [2.45, 2.75) is 63.6 Å². The normalized spacial score (nSPS) is 27.7. The highest BCUT2D eigenvalue weighted by atomic mass is 19.4. The molecule has 2 aliphatic rings. The lowest BCUT2D eigenvalue weighted by Crippen LogP contribution is -2.17. The Morgan fingerprint density at radius 3 is 1.81 bits per heavy atom. The first-order valence-corrected chi connectivity index (χ1v) is 11.2. The highest BCUT2D eigenvalue weighted by Crippen LogP contribution is 2.38. The van der Waals surface area contributed by atoms with E-state index in [9.17, 15) is 13.2 Å². The van der Waals surface area contributed by atoms with Gasteiger partial charge in [-0.3, -0.25) is 0 Å². The van der Waals surface area contributed by atoms with Gasteiger partial charge in [0.2, 0.25) is 0 Å². The van der Waals surface area contributed by atoms with E-state index in [1.54, 1.807) is 18.2 Å². The molecule has 166 valence electrons. The fourth-order valence-electron chi connectivity index (χ4n) is 4.75. The van der Waals surface area contributed by atoms with E-state index in [1.807, 2.05) is 12.1 Å². The van der Waals surface area contributed by atoms with Gasteiger partial charge in [0.1, 0.15) is 5.75 Å². The van der Waals surface area contributed by atoms with Gasteiger partial charge in [-0.25, -0.2) is 0 Å². The van der Waals surface area contributed by atoms with Crippen LogP contribution in [0.1, 0.15) is 62.8 Å². The van der Waals surface area contributed by atoms with E-state index >= 15 is 0 Å². The quantitative estimate of drug-likeness (QED) is 0.262. The SMILES string of the molecule is N#CC=CC=CC1CCC(C=CC2CCC(c3ccc(OC(F)(F)F)cc3)CC2)CC1. The molecule has 0 radical (unpaired) electrons. The smallest absolute Gasteiger partial charge is 0.406 e. The van der Waals surface area contributed by atoms with Crippen molar-refractivity contribution in [3.63, 3.8) is 0 Å². The number of rotatable bonds is 6. The van der Waals surface area contributed by atoms with Crippen LogP contribution < -0.4 is 4.74 Å². The highest BCUT2D eigenvalue weighted by Gasteiger charge is 2.31. The van der Waals surface area contributed by atoms with Crippen molar-refractivity contribution in [1.29, 1.82) is 5.26 Å². The summed E-state index contributed by atoms with van der Waals surface area (Å²) >= 11 is 0. The lowest BCUT2D eigenvalue weighted by atomic mass is 9.77. The molecule has 5 heteroatoms. The van der Waals surface area contributed by atoms with Crippen LogP contribution in [0.5, 0.6) is 5.75 Å². The molecule has 0 unspecified atom stereocenters. The van der Waals surface area contributed by atoms with Gasteiger partial charge in [0.15, 0.2) is 0 Å². The van der Waals surface area contributed by atoms with Crippen LogP contribution in [-0.2, 0) is 0 Å². The standard InChI is InChI=1S/C26H30F3NO/c27-26(28,29)31-25-17-15-24(16-18-25)23-13-11-22(12-14-23)10-9-21-7-5-20(6-8-21)4-2-1-3-19-30/h1-4,9-10,15-18,20-23H,5-8,11-14H2. The summed E-state index contributed by atoms with van der Waals surface area (Å²) in [6.07, 6.45) is 16.9. The van der Waals surface area contributed by atoms with Gasteiger partial charge in [0, 0.05) is 6.08 Å². The molecule has 0 aromatic heterocycles. The van der Waals surface area contributed by atoms with Crippen LogP contribution in [0.15, 0.2) is 60.7 Å². The lowest BCUT2D eigenvalue weighted by Gasteiger charge is -2.28. The highest BCUT2D eigenvalue weighted by molar-refractivity contribution is 5.30. The number of alkyl halides is 3. The summed E-state index contributed by atoms with van der Waals surface area (Å²) in [5.74, 6) is 2.16. The second-order valence-electron chi connectivity index (χ2n) is 8.66. The van der Waals surface area contributed by atoms with Gasteiger partial charge in [-0.1, -0.05) is 42.5 Å². The molecule has 3 rings (SSSR count). The molecule has 0 bridgehead atoms. The maximum atomic E-state index is 12.3. The van der Waals surface area contributed by atoms with Crippen molar-refractivity contribution < 1.29 is 17.9 Å². The predicted octanol–water partition coefficient (Wildman–Crippen LogP) is 7.86. The minimum absolute atomic E-state index is 0.156. The van der Waals surface area contributed by atoms with Gasteiger partial charge in [-0.15, -0.1) is 13.2 Å². The molecule has 0 spiro atoms. The lowest BCUT2D eigenvalue weighted by molar-refractivity contribution is -0.274. The molecule has 2 aliphatic carbocycles. The van der Waals surface area contributed by atoms with Gasteiger partial charge in [0.05, 0.1) is 6.07 Å². The third-order valence-corrected chi connectivity index (χ3v) is 6.49. The molecule has 0 atom stereocenters.